The number of hydrogen-bond acceptors (Lipinski definition) is 5. The molecule has 0 fully saturated rings. The second-order valence-corrected chi connectivity index (χ2v) is 5.21. The van der Waals surface area contributed by atoms with Gasteiger partial charge in [0.2, 0.25) is 5.88 Å². The maximum absolute atomic E-state index is 13.7. The fraction of sp³-hybridized carbons (Fsp3) is 0.200. The zero-order chi connectivity index (χ0) is 15.4. The quantitative estimate of drug-likeness (QED) is 0.644. The molecule has 1 aliphatic rings. The number of fused-ring (bicyclic) bond motifs is 4. The predicted octanol–water partition coefficient (Wildman–Crippen LogP) is 2.26. The minimum atomic E-state index is -0.523. The van der Waals surface area contributed by atoms with Crippen LogP contribution in [0, 0.1) is 5.82 Å². The second-order valence-electron chi connectivity index (χ2n) is 5.21. The maximum Gasteiger partial charge on any atom is 0.241 e. The van der Waals surface area contributed by atoms with E-state index in [-0.39, 0.29) is 18.0 Å². The van der Waals surface area contributed by atoms with Gasteiger partial charge in [-0.3, -0.25) is 9.48 Å². The highest BCUT2D eigenvalue weighted by Crippen LogP contribution is 2.36. The van der Waals surface area contributed by atoms with Gasteiger partial charge in [0.15, 0.2) is 5.78 Å². The molecular weight excluding hydrogens is 287 g/mol. The fourth-order valence-corrected chi connectivity index (χ4v) is 2.63. The van der Waals surface area contributed by atoms with Gasteiger partial charge in [0.1, 0.15) is 29.3 Å². The lowest BCUT2D eigenvalue weighted by Crippen LogP contribution is -2.09. The summed E-state index contributed by atoms with van der Waals surface area (Å²) >= 11 is 0. The number of Topliss-reactive ketones (excluding diaryl/α,β-unsaturated/α-hetero) is 1. The van der Waals surface area contributed by atoms with Crippen molar-refractivity contribution in [1.29, 1.82) is 0 Å². The van der Waals surface area contributed by atoms with Crippen molar-refractivity contribution >= 4 is 16.8 Å². The van der Waals surface area contributed by atoms with E-state index in [9.17, 15) is 9.18 Å². The van der Waals surface area contributed by atoms with E-state index in [0.29, 0.717) is 22.6 Å². The Morgan fingerprint density at radius 3 is 2.95 bits per heavy atom. The number of hydrogen-bond donors (Lipinski definition) is 0. The number of aryl methyl sites for hydroxylation is 1. The molecule has 7 heteroatoms. The Labute approximate surface area is 124 Å². The third kappa shape index (κ3) is 1.78. The maximum atomic E-state index is 13.7. The molecule has 1 aliphatic heterocycles. The predicted molar refractivity (Wildman–Crippen MR) is 76.0 cm³/mol. The number of benzene rings is 1. The summed E-state index contributed by atoms with van der Waals surface area (Å²) in [5.74, 6) is -0.459. The van der Waals surface area contributed by atoms with E-state index in [1.165, 1.54) is 19.1 Å². The molecule has 3 aromatic rings. The summed E-state index contributed by atoms with van der Waals surface area (Å²) in [6.45, 7) is 1.67. The lowest BCUT2D eigenvalue weighted by Gasteiger charge is -2.16. The third-order valence-corrected chi connectivity index (χ3v) is 3.59. The van der Waals surface area contributed by atoms with Crippen LogP contribution < -0.4 is 4.74 Å². The van der Waals surface area contributed by atoms with Crippen LogP contribution in [0.1, 0.15) is 23.0 Å². The number of halogens is 1. The molecule has 0 spiro atoms. The van der Waals surface area contributed by atoms with Gasteiger partial charge in [-0.1, -0.05) is 0 Å². The van der Waals surface area contributed by atoms with Gasteiger partial charge < -0.3 is 4.74 Å². The van der Waals surface area contributed by atoms with Gasteiger partial charge in [-0.15, -0.1) is 0 Å². The number of carbonyl (C=O) groups excluding carboxylic acids is 1. The van der Waals surface area contributed by atoms with E-state index >= 15 is 0 Å². The number of aromatic nitrogens is 4. The van der Waals surface area contributed by atoms with Crippen molar-refractivity contribution in [3.05, 3.63) is 35.4 Å². The second kappa shape index (κ2) is 4.33. The lowest BCUT2D eigenvalue weighted by molar-refractivity contribution is 0.101. The molecule has 0 amide bonds. The Bertz CT molecular complexity index is 948. The molecule has 0 unspecified atom stereocenters. The highest BCUT2D eigenvalue weighted by molar-refractivity contribution is 6.05. The molecule has 0 aliphatic carbocycles. The van der Waals surface area contributed by atoms with Gasteiger partial charge in [-0.25, -0.2) is 14.4 Å². The van der Waals surface area contributed by atoms with Crippen molar-refractivity contribution in [2.75, 3.05) is 0 Å². The van der Waals surface area contributed by atoms with Crippen LogP contribution >= 0.6 is 0 Å². The van der Waals surface area contributed by atoms with Gasteiger partial charge in [-0.2, -0.15) is 5.10 Å². The van der Waals surface area contributed by atoms with Gasteiger partial charge in [0.05, 0.1) is 11.1 Å². The van der Waals surface area contributed by atoms with E-state index in [0.717, 1.165) is 11.3 Å². The van der Waals surface area contributed by atoms with E-state index in [2.05, 4.69) is 15.1 Å². The molecule has 3 heterocycles. The first-order chi connectivity index (χ1) is 10.5. The van der Waals surface area contributed by atoms with Crippen molar-refractivity contribution in [3.8, 4) is 17.1 Å². The Morgan fingerprint density at radius 2 is 2.18 bits per heavy atom. The molecule has 0 atom stereocenters. The van der Waals surface area contributed by atoms with Crippen LogP contribution in [0.4, 0.5) is 4.39 Å². The molecule has 6 nitrogen and oxygen atoms in total. The zero-order valence-electron chi connectivity index (χ0n) is 11.9. The van der Waals surface area contributed by atoms with E-state index in [1.807, 2.05) is 13.2 Å². The molecule has 0 saturated heterocycles. The first-order valence-corrected chi connectivity index (χ1v) is 6.71. The summed E-state index contributed by atoms with van der Waals surface area (Å²) in [7, 11) is 1.81. The highest BCUT2D eigenvalue weighted by atomic mass is 19.1. The normalized spacial score (nSPS) is 12.7. The first kappa shape index (κ1) is 12.9. The van der Waals surface area contributed by atoms with E-state index < -0.39 is 5.82 Å². The van der Waals surface area contributed by atoms with Crippen molar-refractivity contribution in [1.82, 2.24) is 19.7 Å². The van der Waals surface area contributed by atoms with Gasteiger partial charge in [0, 0.05) is 24.9 Å². The van der Waals surface area contributed by atoms with Crippen LogP contribution in [0.25, 0.3) is 22.3 Å². The molecular formula is C15H11FN4O2. The monoisotopic (exact) mass is 298 g/mol. The van der Waals surface area contributed by atoms with Crippen molar-refractivity contribution in [3.63, 3.8) is 0 Å². The van der Waals surface area contributed by atoms with Crippen molar-refractivity contribution < 1.29 is 13.9 Å². The summed E-state index contributed by atoms with van der Waals surface area (Å²) in [5.41, 5.74) is 2.98. The topological polar surface area (TPSA) is 69.9 Å². The van der Waals surface area contributed by atoms with Crippen molar-refractivity contribution in [2.24, 2.45) is 7.05 Å². The number of ketones is 1. The van der Waals surface area contributed by atoms with Crippen LogP contribution in [0.3, 0.4) is 0 Å². The minimum Gasteiger partial charge on any atom is -0.469 e. The molecule has 0 saturated carbocycles. The number of ether oxygens (including phenoxy) is 1. The summed E-state index contributed by atoms with van der Waals surface area (Å²) < 4.78 is 20.9. The fourth-order valence-electron chi connectivity index (χ4n) is 2.63. The Morgan fingerprint density at radius 1 is 1.36 bits per heavy atom. The minimum absolute atomic E-state index is 0.210. The Balaban J connectivity index is 2.07. The van der Waals surface area contributed by atoms with Crippen LogP contribution in [-0.4, -0.2) is 25.5 Å². The van der Waals surface area contributed by atoms with Crippen LogP contribution in [0.5, 0.6) is 5.88 Å². The molecule has 1 aromatic carbocycles. The number of carbonyl (C=O) groups is 1. The SMILES string of the molecule is CC(=O)c1cc(F)cc2nc3c(nc12)-c1cn(C)nc1CO3. The highest BCUT2D eigenvalue weighted by Gasteiger charge is 2.25. The van der Waals surface area contributed by atoms with Crippen molar-refractivity contribution in [2.45, 2.75) is 13.5 Å². The summed E-state index contributed by atoms with van der Waals surface area (Å²) in [4.78, 5) is 20.6. The molecule has 0 N–H and O–H groups in total. The molecule has 22 heavy (non-hydrogen) atoms. The number of rotatable bonds is 1. The summed E-state index contributed by atoms with van der Waals surface area (Å²) in [5, 5.41) is 4.30. The molecule has 0 bridgehead atoms. The largest absolute Gasteiger partial charge is 0.469 e. The van der Waals surface area contributed by atoms with Gasteiger partial charge >= 0.3 is 0 Å². The summed E-state index contributed by atoms with van der Waals surface area (Å²) in [6, 6.07) is 2.43. The molecule has 0 radical (unpaired) electrons. The Hall–Kier alpha value is -2.83. The smallest absolute Gasteiger partial charge is 0.241 e. The number of nitrogens with zero attached hydrogens (tertiary/aromatic N) is 4. The Kier molecular flexibility index (Phi) is 2.53. The summed E-state index contributed by atoms with van der Waals surface area (Å²) in [6.07, 6.45) is 1.83. The third-order valence-electron chi connectivity index (χ3n) is 3.59. The van der Waals surface area contributed by atoms with Crippen LogP contribution in [0.2, 0.25) is 0 Å². The molecule has 110 valence electrons. The van der Waals surface area contributed by atoms with Gasteiger partial charge in [-0.05, 0) is 13.0 Å². The lowest BCUT2D eigenvalue weighted by atomic mass is 10.1. The first-order valence-electron chi connectivity index (χ1n) is 6.71. The van der Waals surface area contributed by atoms with Gasteiger partial charge in [0.25, 0.3) is 0 Å². The standard InChI is InChI=1S/C15H11FN4O2/c1-7(21)9-3-8(16)4-11-13(9)18-14-10-5-20(2)19-12(10)6-22-15(14)17-11/h3-5H,6H2,1-2H3. The van der Waals surface area contributed by atoms with Crippen LogP contribution in [-0.2, 0) is 13.7 Å². The zero-order valence-corrected chi connectivity index (χ0v) is 11.9. The average Bonchev–Trinajstić information content (AvgIpc) is 2.85. The molecule has 2 aromatic heterocycles. The molecule has 4 rings (SSSR count). The average molecular weight is 298 g/mol. The van der Waals surface area contributed by atoms with E-state index in [4.69, 9.17) is 4.74 Å². The van der Waals surface area contributed by atoms with E-state index in [1.54, 1.807) is 4.68 Å². The van der Waals surface area contributed by atoms with Crippen LogP contribution in [0.15, 0.2) is 18.3 Å².